The largest absolute Gasteiger partial charge is 0.376 e. The van der Waals surface area contributed by atoms with Crippen LogP contribution in [-0.4, -0.2) is 51.5 Å². The molecule has 0 aromatic heterocycles. The van der Waals surface area contributed by atoms with Crippen molar-refractivity contribution in [3.63, 3.8) is 0 Å². The number of fused-ring (bicyclic) bond motifs is 1. The Morgan fingerprint density at radius 2 is 1.91 bits per heavy atom. The number of rotatable bonds is 3. The van der Waals surface area contributed by atoms with Gasteiger partial charge in [0.05, 0.1) is 25.9 Å². The van der Waals surface area contributed by atoms with Crippen LogP contribution in [0.2, 0.25) is 0 Å². The molecule has 1 saturated heterocycles. The summed E-state index contributed by atoms with van der Waals surface area (Å²) < 4.78 is 11.1. The molecule has 0 spiro atoms. The van der Waals surface area contributed by atoms with Gasteiger partial charge in [-0.2, -0.15) is 0 Å². The fourth-order valence-corrected chi connectivity index (χ4v) is 4.26. The lowest BCUT2D eigenvalue weighted by Crippen LogP contribution is -2.49. The summed E-state index contributed by atoms with van der Waals surface area (Å²) in [6.07, 6.45) is 9.90. The Morgan fingerprint density at radius 1 is 1.09 bits per heavy atom. The van der Waals surface area contributed by atoms with E-state index in [2.05, 4.69) is 15.6 Å². The van der Waals surface area contributed by atoms with Crippen LogP contribution in [0.15, 0.2) is 4.99 Å². The minimum atomic E-state index is 0. The molecule has 5 nitrogen and oxygen atoms in total. The van der Waals surface area contributed by atoms with E-state index in [1.54, 1.807) is 0 Å². The summed E-state index contributed by atoms with van der Waals surface area (Å²) in [5.41, 5.74) is 0. The molecule has 0 aromatic rings. The van der Waals surface area contributed by atoms with Crippen LogP contribution in [0.1, 0.15) is 44.9 Å². The number of halogens is 1. The van der Waals surface area contributed by atoms with Crippen LogP contribution in [0.3, 0.4) is 0 Å². The number of guanidine groups is 1. The molecule has 0 amide bonds. The van der Waals surface area contributed by atoms with Crippen LogP contribution in [0, 0.1) is 11.8 Å². The molecule has 4 unspecified atom stereocenters. The Hall–Kier alpha value is -0.0800. The minimum Gasteiger partial charge on any atom is -0.376 e. The lowest BCUT2D eigenvalue weighted by atomic mass is 9.69. The summed E-state index contributed by atoms with van der Waals surface area (Å²) in [5.74, 6) is 2.84. The van der Waals surface area contributed by atoms with E-state index in [0.29, 0.717) is 25.9 Å². The first-order valence-corrected chi connectivity index (χ1v) is 9.01. The SMILES string of the molecule is CN=C(NCC1COCCO1)NC1CCC2CCCCC2C1.I. The van der Waals surface area contributed by atoms with Crippen molar-refractivity contribution in [2.75, 3.05) is 33.4 Å². The summed E-state index contributed by atoms with van der Waals surface area (Å²) in [7, 11) is 1.85. The summed E-state index contributed by atoms with van der Waals surface area (Å²) >= 11 is 0. The Kier molecular flexibility index (Phi) is 8.40. The number of nitrogens with zero attached hydrogens (tertiary/aromatic N) is 1. The van der Waals surface area contributed by atoms with Crippen molar-refractivity contribution in [3.8, 4) is 0 Å². The summed E-state index contributed by atoms with van der Waals surface area (Å²) in [6, 6.07) is 0.578. The van der Waals surface area contributed by atoms with E-state index in [1.165, 1.54) is 44.9 Å². The molecule has 2 saturated carbocycles. The second kappa shape index (κ2) is 10.0. The molecule has 4 atom stereocenters. The molecule has 3 fully saturated rings. The number of hydrogen-bond acceptors (Lipinski definition) is 3. The van der Waals surface area contributed by atoms with Gasteiger partial charge in [0.1, 0.15) is 0 Å². The normalized spacial score (nSPS) is 34.9. The molecule has 0 bridgehead atoms. The van der Waals surface area contributed by atoms with E-state index < -0.39 is 0 Å². The highest BCUT2D eigenvalue weighted by Crippen LogP contribution is 2.40. The molecular formula is C17H32IN3O2. The smallest absolute Gasteiger partial charge is 0.191 e. The highest BCUT2D eigenvalue weighted by atomic mass is 127. The molecule has 6 heteroatoms. The van der Waals surface area contributed by atoms with Crippen LogP contribution < -0.4 is 10.6 Å². The van der Waals surface area contributed by atoms with Gasteiger partial charge in [-0.05, 0) is 31.1 Å². The van der Waals surface area contributed by atoms with Gasteiger partial charge in [-0.15, -0.1) is 24.0 Å². The van der Waals surface area contributed by atoms with Gasteiger partial charge in [-0.25, -0.2) is 0 Å². The van der Waals surface area contributed by atoms with Crippen LogP contribution in [0.4, 0.5) is 0 Å². The van der Waals surface area contributed by atoms with Gasteiger partial charge in [0, 0.05) is 19.6 Å². The van der Waals surface area contributed by atoms with Gasteiger partial charge in [-0.3, -0.25) is 4.99 Å². The van der Waals surface area contributed by atoms with Crippen molar-refractivity contribution in [2.45, 2.75) is 57.1 Å². The van der Waals surface area contributed by atoms with Gasteiger partial charge in [-0.1, -0.05) is 25.7 Å². The predicted octanol–water partition coefficient (Wildman–Crippen LogP) is 2.54. The lowest BCUT2D eigenvalue weighted by Gasteiger charge is -2.40. The molecule has 2 aliphatic carbocycles. The van der Waals surface area contributed by atoms with Crippen LogP contribution in [0.5, 0.6) is 0 Å². The average Bonchev–Trinajstić information content (AvgIpc) is 2.59. The van der Waals surface area contributed by atoms with E-state index in [9.17, 15) is 0 Å². The van der Waals surface area contributed by atoms with Crippen LogP contribution in [-0.2, 0) is 9.47 Å². The first-order chi connectivity index (χ1) is 10.8. The van der Waals surface area contributed by atoms with Gasteiger partial charge < -0.3 is 20.1 Å². The monoisotopic (exact) mass is 437 g/mol. The van der Waals surface area contributed by atoms with Crippen molar-refractivity contribution < 1.29 is 9.47 Å². The van der Waals surface area contributed by atoms with E-state index in [1.807, 2.05) is 7.05 Å². The third-order valence-electron chi connectivity index (χ3n) is 5.49. The highest BCUT2D eigenvalue weighted by Gasteiger charge is 2.32. The maximum Gasteiger partial charge on any atom is 0.191 e. The second-order valence-electron chi connectivity index (χ2n) is 6.98. The number of ether oxygens (including phenoxy) is 2. The van der Waals surface area contributed by atoms with E-state index in [-0.39, 0.29) is 30.1 Å². The lowest BCUT2D eigenvalue weighted by molar-refractivity contribution is -0.0850. The van der Waals surface area contributed by atoms with E-state index in [4.69, 9.17) is 9.47 Å². The Labute approximate surface area is 157 Å². The second-order valence-corrected chi connectivity index (χ2v) is 6.98. The molecule has 1 aliphatic heterocycles. The topological polar surface area (TPSA) is 54.9 Å². The summed E-state index contributed by atoms with van der Waals surface area (Å²) in [6.45, 7) is 2.85. The minimum absolute atomic E-state index is 0. The Balaban J connectivity index is 0.00000192. The van der Waals surface area contributed by atoms with Gasteiger partial charge in [0.25, 0.3) is 0 Å². The first kappa shape index (κ1) is 19.2. The predicted molar refractivity (Wildman–Crippen MR) is 104 cm³/mol. The number of hydrogen-bond donors (Lipinski definition) is 2. The van der Waals surface area contributed by atoms with E-state index in [0.717, 1.165) is 24.3 Å². The Bertz CT molecular complexity index is 375. The number of aliphatic imine (C=N–C) groups is 1. The fourth-order valence-electron chi connectivity index (χ4n) is 4.26. The quantitative estimate of drug-likeness (QED) is 0.405. The molecule has 0 radical (unpaired) electrons. The first-order valence-electron chi connectivity index (χ1n) is 9.01. The van der Waals surface area contributed by atoms with Gasteiger partial charge >= 0.3 is 0 Å². The molecule has 1 heterocycles. The molecule has 3 rings (SSSR count). The van der Waals surface area contributed by atoms with Crippen molar-refractivity contribution in [3.05, 3.63) is 0 Å². The zero-order valence-corrected chi connectivity index (χ0v) is 16.6. The maximum absolute atomic E-state index is 5.66. The molecule has 23 heavy (non-hydrogen) atoms. The third kappa shape index (κ3) is 5.74. The van der Waals surface area contributed by atoms with Crippen molar-refractivity contribution in [2.24, 2.45) is 16.8 Å². The molecular weight excluding hydrogens is 405 g/mol. The molecule has 0 aromatic carbocycles. The Morgan fingerprint density at radius 3 is 2.65 bits per heavy atom. The van der Waals surface area contributed by atoms with Crippen molar-refractivity contribution in [1.82, 2.24) is 10.6 Å². The van der Waals surface area contributed by atoms with Gasteiger partial charge in [0.2, 0.25) is 0 Å². The maximum atomic E-state index is 5.66. The zero-order chi connectivity index (χ0) is 15.2. The van der Waals surface area contributed by atoms with E-state index >= 15 is 0 Å². The van der Waals surface area contributed by atoms with Gasteiger partial charge in [0.15, 0.2) is 5.96 Å². The molecule has 2 N–H and O–H groups in total. The summed E-state index contributed by atoms with van der Waals surface area (Å²) in [5, 5.41) is 7.01. The number of nitrogens with one attached hydrogen (secondary N) is 2. The average molecular weight is 437 g/mol. The van der Waals surface area contributed by atoms with Crippen LogP contribution in [0.25, 0.3) is 0 Å². The molecule has 3 aliphatic rings. The third-order valence-corrected chi connectivity index (χ3v) is 5.49. The fraction of sp³-hybridized carbons (Fsp3) is 0.941. The van der Waals surface area contributed by atoms with Crippen molar-refractivity contribution >= 4 is 29.9 Å². The molecule has 134 valence electrons. The van der Waals surface area contributed by atoms with Crippen molar-refractivity contribution in [1.29, 1.82) is 0 Å². The summed E-state index contributed by atoms with van der Waals surface area (Å²) in [4.78, 5) is 4.37. The zero-order valence-electron chi connectivity index (χ0n) is 14.3. The standard InChI is InChI=1S/C17H31N3O2.HI/c1-18-17(19-11-16-12-21-8-9-22-16)20-15-7-6-13-4-2-3-5-14(13)10-15;/h13-16H,2-12H2,1H3,(H2,18,19,20);1H. The van der Waals surface area contributed by atoms with Crippen LogP contribution >= 0.6 is 24.0 Å². The highest BCUT2D eigenvalue weighted by molar-refractivity contribution is 14.0.